The highest BCUT2D eigenvalue weighted by Crippen LogP contribution is 2.23. The molecule has 5 nitrogen and oxygen atoms in total. The van der Waals surface area contributed by atoms with Crippen molar-refractivity contribution in [2.24, 2.45) is 0 Å². The van der Waals surface area contributed by atoms with Gasteiger partial charge in [-0.2, -0.15) is 0 Å². The zero-order chi connectivity index (χ0) is 18.9. The van der Waals surface area contributed by atoms with Crippen molar-refractivity contribution < 1.29 is 17.6 Å². The average molecular weight is 488 g/mol. The number of nitrogens with zero attached hydrogens (tertiary/aromatic N) is 2. The molecule has 8 heteroatoms. The van der Waals surface area contributed by atoms with Crippen molar-refractivity contribution in [3.8, 4) is 0 Å². The van der Waals surface area contributed by atoms with Crippen LogP contribution in [0.25, 0.3) is 0 Å². The Morgan fingerprint density at radius 3 is 2.35 bits per heavy atom. The van der Waals surface area contributed by atoms with Crippen molar-refractivity contribution in [3.05, 3.63) is 57.4 Å². The summed E-state index contributed by atoms with van der Waals surface area (Å²) in [6, 6.07) is 11.2. The molecule has 1 fully saturated rings. The summed E-state index contributed by atoms with van der Waals surface area (Å²) in [5.41, 5.74) is 0.918. The largest absolute Gasteiger partial charge is 0.366 e. The summed E-state index contributed by atoms with van der Waals surface area (Å²) in [5, 5.41) is 0. The van der Waals surface area contributed by atoms with Crippen LogP contribution in [0.4, 0.5) is 10.1 Å². The van der Waals surface area contributed by atoms with Crippen molar-refractivity contribution in [1.29, 1.82) is 0 Å². The van der Waals surface area contributed by atoms with E-state index in [9.17, 15) is 17.6 Å². The molecule has 0 unspecified atom stereocenters. The Hall–Kier alpha value is -1.68. The predicted octanol–water partition coefficient (Wildman–Crippen LogP) is 2.80. The van der Waals surface area contributed by atoms with Gasteiger partial charge in [0.05, 0.1) is 16.1 Å². The second kappa shape index (κ2) is 7.51. The standard InChI is InChI=1S/C18H18FIN2O3S/c1-26(24,25)13-6-7-16(20)14(12-13)18(23)22-10-8-21(9-11-22)17-5-3-2-4-15(17)19/h2-7,12H,8-11H2,1H3. The third-order valence-electron chi connectivity index (χ3n) is 4.36. The summed E-state index contributed by atoms with van der Waals surface area (Å²) in [6.07, 6.45) is 1.12. The van der Waals surface area contributed by atoms with E-state index in [1.165, 1.54) is 18.2 Å². The zero-order valence-corrected chi connectivity index (χ0v) is 17.1. The van der Waals surface area contributed by atoms with Gasteiger partial charge in [-0.3, -0.25) is 4.79 Å². The van der Waals surface area contributed by atoms with Crippen molar-refractivity contribution in [2.45, 2.75) is 4.90 Å². The van der Waals surface area contributed by atoms with E-state index in [2.05, 4.69) is 0 Å². The lowest BCUT2D eigenvalue weighted by molar-refractivity contribution is 0.0745. The number of piperazine rings is 1. The molecule has 2 aromatic rings. The number of hydrogen-bond acceptors (Lipinski definition) is 4. The summed E-state index contributed by atoms with van der Waals surface area (Å²) < 4.78 is 38.1. The third kappa shape index (κ3) is 4.01. The maximum absolute atomic E-state index is 13.9. The van der Waals surface area contributed by atoms with Crippen LogP contribution in [0.2, 0.25) is 0 Å². The first-order valence-electron chi connectivity index (χ1n) is 8.06. The number of carbonyl (C=O) groups excluding carboxylic acids is 1. The van der Waals surface area contributed by atoms with Crippen LogP contribution >= 0.6 is 22.6 Å². The average Bonchev–Trinajstić information content (AvgIpc) is 2.61. The molecule has 3 rings (SSSR count). The van der Waals surface area contributed by atoms with Gasteiger partial charge in [0.1, 0.15) is 5.82 Å². The van der Waals surface area contributed by atoms with Crippen molar-refractivity contribution in [3.63, 3.8) is 0 Å². The van der Waals surface area contributed by atoms with Crippen LogP contribution in [0.15, 0.2) is 47.4 Å². The van der Waals surface area contributed by atoms with E-state index in [4.69, 9.17) is 0 Å². The molecule has 2 aromatic carbocycles. The number of anilines is 1. The van der Waals surface area contributed by atoms with E-state index in [0.29, 0.717) is 41.0 Å². The highest BCUT2D eigenvalue weighted by molar-refractivity contribution is 14.1. The van der Waals surface area contributed by atoms with Gasteiger partial charge in [-0.15, -0.1) is 0 Å². The SMILES string of the molecule is CS(=O)(=O)c1ccc(I)c(C(=O)N2CCN(c3ccccc3F)CC2)c1. The molecule has 1 amide bonds. The van der Waals surface area contributed by atoms with Gasteiger partial charge in [-0.05, 0) is 52.9 Å². The van der Waals surface area contributed by atoms with E-state index in [-0.39, 0.29) is 16.6 Å². The molecule has 0 bridgehead atoms. The number of benzene rings is 2. The fourth-order valence-electron chi connectivity index (χ4n) is 2.93. The Kier molecular flexibility index (Phi) is 5.52. The van der Waals surface area contributed by atoms with E-state index in [1.54, 1.807) is 29.2 Å². The molecule has 1 aliphatic rings. The number of para-hydroxylation sites is 1. The maximum Gasteiger partial charge on any atom is 0.255 e. The van der Waals surface area contributed by atoms with Crippen LogP contribution in [0.1, 0.15) is 10.4 Å². The Bertz CT molecular complexity index is 941. The van der Waals surface area contributed by atoms with Gasteiger partial charge in [0.25, 0.3) is 5.91 Å². The Morgan fingerprint density at radius 2 is 1.73 bits per heavy atom. The maximum atomic E-state index is 13.9. The molecule has 0 N–H and O–H groups in total. The zero-order valence-electron chi connectivity index (χ0n) is 14.2. The first-order valence-corrected chi connectivity index (χ1v) is 11.0. The summed E-state index contributed by atoms with van der Waals surface area (Å²) in [4.78, 5) is 16.6. The monoisotopic (exact) mass is 488 g/mol. The van der Waals surface area contributed by atoms with Gasteiger partial charge in [0.2, 0.25) is 0 Å². The molecule has 1 saturated heterocycles. The van der Waals surface area contributed by atoms with Gasteiger partial charge in [0.15, 0.2) is 9.84 Å². The topological polar surface area (TPSA) is 57.7 Å². The quantitative estimate of drug-likeness (QED) is 0.624. The van der Waals surface area contributed by atoms with E-state index >= 15 is 0 Å². The Balaban J connectivity index is 1.76. The Labute approximate surface area is 165 Å². The fourth-order valence-corrected chi connectivity index (χ4v) is 4.14. The summed E-state index contributed by atoms with van der Waals surface area (Å²) in [7, 11) is -3.38. The second-order valence-corrected chi connectivity index (χ2v) is 9.32. The van der Waals surface area contributed by atoms with E-state index in [1.807, 2.05) is 27.5 Å². The summed E-state index contributed by atoms with van der Waals surface area (Å²) >= 11 is 2.03. The first-order chi connectivity index (χ1) is 12.3. The lowest BCUT2D eigenvalue weighted by Gasteiger charge is -2.36. The Morgan fingerprint density at radius 1 is 1.08 bits per heavy atom. The van der Waals surface area contributed by atoms with E-state index < -0.39 is 9.84 Å². The molecule has 0 saturated carbocycles. The molecule has 0 spiro atoms. The molecule has 1 aliphatic heterocycles. The third-order valence-corrected chi connectivity index (χ3v) is 6.41. The molecular weight excluding hydrogens is 470 g/mol. The van der Waals surface area contributed by atoms with Crippen LogP contribution in [-0.2, 0) is 9.84 Å². The number of rotatable bonds is 3. The first kappa shape index (κ1) is 19.1. The van der Waals surface area contributed by atoms with Crippen molar-refractivity contribution in [1.82, 2.24) is 4.90 Å². The molecule has 0 radical (unpaired) electrons. The predicted molar refractivity (Wildman–Crippen MR) is 107 cm³/mol. The van der Waals surface area contributed by atoms with Crippen LogP contribution < -0.4 is 4.90 Å². The molecule has 138 valence electrons. The number of amides is 1. The number of sulfone groups is 1. The van der Waals surface area contributed by atoms with Crippen LogP contribution in [0, 0.1) is 9.39 Å². The van der Waals surface area contributed by atoms with E-state index in [0.717, 1.165) is 6.26 Å². The number of carbonyl (C=O) groups is 1. The molecule has 0 aromatic heterocycles. The normalized spacial score (nSPS) is 15.2. The van der Waals surface area contributed by atoms with Gasteiger partial charge < -0.3 is 9.80 Å². The molecular formula is C18H18FIN2O3S. The molecule has 0 aliphatic carbocycles. The minimum atomic E-state index is -3.38. The minimum absolute atomic E-state index is 0.131. The molecule has 26 heavy (non-hydrogen) atoms. The lowest BCUT2D eigenvalue weighted by Crippen LogP contribution is -2.49. The van der Waals surface area contributed by atoms with Gasteiger partial charge >= 0.3 is 0 Å². The van der Waals surface area contributed by atoms with Crippen LogP contribution in [0.5, 0.6) is 0 Å². The fraction of sp³-hybridized carbons (Fsp3) is 0.278. The van der Waals surface area contributed by atoms with Gasteiger partial charge in [-0.25, -0.2) is 12.8 Å². The van der Waals surface area contributed by atoms with Crippen molar-refractivity contribution >= 4 is 44.0 Å². The minimum Gasteiger partial charge on any atom is -0.366 e. The lowest BCUT2D eigenvalue weighted by atomic mass is 10.1. The van der Waals surface area contributed by atoms with Crippen LogP contribution in [-0.4, -0.2) is 51.7 Å². The van der Waals surface area contributed by atoms with Gasteiger partial charge in [0, 0.05) is 36.0 Å². The number of halogens is 2. The van der Waals surface area contributed by atoms with Crippen molar-refractivity contribution in [2.75, 3.05) is 37.3 Å². The molecule has 0 atom stereocenters. The van der Waals surface area contributed by atoms with Gasteiger partial charge in [-0.1, -0.05) is 12.1 Å². The highest BCUT2D eigenvalue weighted by Gasteiger charge is 2.25. The summed E-state index contributed by atoms with van der Waals surface area (Å²) in [5.74, 6) is -0.476. The van der Waals surface area contributed by atoms with Crippen LogP contribution in [0.3, 0.4) is 0 Å². The second-order valence-electron chi connectivity index (χ2n) is 6.14. The smallest absolute Gasteiger partial charge is 0.255 e. The molecule has 1 heterocycles. The highest BCUT2D eigenvalue weighted by atomic mass is 127. The summed E-state index contributed by atoms with van der Waals surface area (Å²) in [6.45, 7) is 1.95. The number of hydrogen-bond donors (Lipinski definition) is 0.